The maximum atomic E-state index is 6.75. The van der Waals surface area contributed by atoms with Gasteiger partial charge in [0.1, 0.15) is 11.2 Å². The number of rotatable bonds is 6. The zero-order chi connectivity index (χ0) is 37.0. The van der Waals surface area contributed by atoms with E-state index in [4.69, 9.17) is 19.4 Å². The summed E-state index contributed by atoms with van der Waals surface area (Å²) in [4.78, 5) is 15.5. The standard InChI is InChI=1S/C51H32N4O/c1-5-16-33(17-6-1)36-28-29-38(42(32-36)51-53-49(34-18-7-2-8-19-34)52-50(54-51)35-20-9-3-10-21-35)40-25-15-27-44-46(40)47-45(56-44)31-30-41-39-24-13-14-26-43(39)55(48(41)47)37-22-11-4-12-23-37/h1-32H. The van der Waals surface area contributed by atoms with Crippen LogP contribution in [0.3, 0.4) is 0 Å². The Kier molecular flexibility index (Phi) is 7.42. The molecule has 0 unspecified atom stereocenters. The Bertz CT molecular complexity index is 3170. The van der Waals surface area contributed by atoms with E-state index in [2.05, 4.69) is 132 Å². The van der Waals surface area contributed by atoms with Gasteiger partial charge in [0.15, 0.2) is 17.5 Å². The summed E-state index contributed by atoms with van der Waals surface area (Å²) in [6.45, 7) is 0. The summed E-state index contributed by atoms with van der Waals surface area (Å²) in [6.07, 6.45) is 0. The number of nitrogens with zero attached hydrogens (tertiary/aromatic N) is 4. The first-order valence-corrected chi connectivity index (χ1v) is 18.8. The van der Waals surface area contributed by atoms with Crippen LogP contribution in [0.4, 0.5) is 0 Å². The van der Waals surface area contributed by atoms with Gasteiger partial charge in [-0.25, -0.2) is 15.0 Å². The molecule has 56 heavy (non-hydrogen) atoms. The molecule has 0 saturated heterocycles. The summed E-state index contributed by atoms with van der Waals surface area (Å²) >= 11 is 0. The second-order valence-corrected chi connectivity index (χ2v) is 14.0. The van der Waals surface area contributed by atoms with Crippen molar-refractivity contribution < 1.29 is 4.42 Å². The van der Waals surface area contributed by atoms with Crippen LogP contribution in [-0.4, -0.2) is 19.5 Å². The molecule has 0 fully saturated rings. The molecule has 3 heterocycles. The number of aromatic nitrogens is 4. The smallest absolute Gasteiger partial charge is 0.164 e. The Morgan fingerprint density at radius 2 is 0.946 bits per heavy atom. The van der Waals surface area contributed by atoms with E-state index in [1.807, 2.05) is 66.7 Å². The number of benzene rings is 8. The summed E-state index contributed by atoms with van der Waals surface area (Å²) in [5.41, 5.74) is 12.0. The molecule has 0 spiro atoms. The molecule has 0 amide bonds. The molecule has 5 nitrogen and oxygen atoms in total. The predicted octanol–water partition coefficient (Wildman–Crippen LogP) is 13.2. The molecule has 0 aliphatic rings. The lowest BCUT2D eigenvalue weighted by atomic mass is 9.91. The minimum absolute atomic E-state index is 0.596. The zero-order valence-electron chi connectivity index (χ0n) is 30.2. The molecular weight excluding hydrogens is 685 g/mol. The van der Waals surface area contributed by atoms with Crippen LogP contribution in [0, 0.1) is 0 Å². The van der Waals surface area contributed by atoms with Gasteiger partial charge < -0.3 is 8.98 Å². The van der Waals surface area contributed by atoms with Crippen LogP contribution in [0.25, 0.3) is 106 Å². The van der Waals surface area contributed by atoms with Crippen LogP contribution in [-0.2, 0) is 0 Å². The fourth-order valence-corrected chi connectivity index (χ4v) is 8.13. The van der Waals surface area contributed by atoms with Crippen LogP contribution >= 0.6 is 0 Å². The van der Waals surface area contributed by atoms with Crippen molar-refractivity contribution in [1.29, 1.82) is 0 Å². The minimum atomic E-state index is 0.596. The van der Waals surface area contributed by atoms with Gasteiger partial charge in [-0.15, -0.1) is 0 Å². The number of hydrogen-bond acceptors (Lipinski definition) is 4. The normalized spacial score (nSPS) is 11.6. The highest BCUT2D eigenvalue weighted by atomic mass is 16.3. The lowest BCUT2D eigenvalue weighted by Crippen LogP contribution is -2.01. The highest BCUT2D eigenvalue weighted by molar-refractivity contribution is 6.27. The molecule has 8 aromatic carbocycles. The average molecular weight is 717 g/mol. The predicted molar refractivity (Wildman–Crippen MR) is 229 cm³/mol. The van der Waals surface area contributed by atoms with E-state index in [0.29, 0.717) is 17.5 Å². The van der Waals surface area contributed by atoms with Gasteiger partial charge in [0.25, 0.3) is 0 Å². The van der Waals surface area contributed by atoms with Crippen molar-refractivity contribution >= 4 is 43.7 Å². The molecule has 0 aliphatic carbocycles. The molecule has 262 valence electrons. The molecule has 5 heteroatoms. The monoisotopic (exact) mass is 716 g/mol. The van der Waals surface area contributed by atoms with E-state index in [1.54, 1.807) is 0 Å². The van der Waals surface area contributed by atoms with Crippen LogP contribution in [0.5, 0.6) is 0 Å². The molecule has 3 aromatic heterocycles. The highest BCUT2D eigenvalue weighted by Gasteiger charge is 2.23. The van der Waals surface area contributed by atoms with Gasteiger partial charge in [-0.1, -0.05) is 152 Å². The molecular formula is C51H32N4O. The second kappa shape index (κ2) is 13.0. The summed E-state index contributed by atoms with van der Waals surface area (Å²) in [5.74, 6) is 1.83. The zero-order valence-corrected chi connectivity index (χ0v) is 30.2. The lowest BCUT2D eigenvalue weighted by Gasteiger charge is -2.15. The summed E-state index contributed by atoms with van der Waals surface area (Å²) in [7, 11) is 0. The Labute approximate surface area is 322 Å². The molecule has 0 aliphatic heterocycles. The number of furan rings is 1. The van der Waals surface area contributed by atoms with E-state index in [9.17, 15) is 0 Å². The van der Waals surface area contributed by atoms with E-state index in [1.165, 1.54) is 10.8 Å². The number of para-hydroxylation sites is 2. The van der Waals surface area contributed by atoms with E-state index < -0.39 is 0 Å². The molecule has 11 rings (SSSR count). The Balaban J connectivity index is 1.25. The van der Waals surface area contributed by atoms with Crippen molar-refractivity contribution in [3.05, 3.63) is 194 Å². The quantitative estimate of drug-likeness (QED) is 0.172. The van der Waals surface area contributed by atoms with E-state index >= 15 is 0 Å². The fraction of sp³-hybridized carbons (Fsp3) is 0. The SMILES string of the molecule is c1ccc(-c2ccc(-c3cccc4oc5ccc6c7ccccc7n(-c7ccccc7)c6c5c34)c(-c3nc(-c4ccccc4)nc(-c4ccccc4)n3)c2)cc1. The second-order valence-electron chi connectivity index (χ2n) is 14.0. The molecule has 0 bridgehead atoms. The largest absolute Gasteiger partial charge is 0.456 e. The van der Waals surface area contributed by atoms with E-state index in [0.717, 1.165) is 77.6 Å². The van der Waals surface area contributed by atoms with Crippen molar-refractivity contribution in [1.82, 2.24) is 19.5 Å². The maximum Gasteiger partial charge on any atom is 0.164 e. The summed E-state index contributed by atoms with van der Waals surface area (Å²) < 4.78 is 9.12. The minimum Gasteiger partial charge on any atom is -0.456 e. The Morgan fingerprint density at radius 1 is 0.357 bits per heavy atom. The topological polar surface area (TPSA) is 56.7 Å². The van der Waals surface area contributed by atoms with Gasteiger partial charge in [-0.2, -0.15) is 0 Å². The van der Waals surface area contributed by atoms with Crippen molar-refractivity contribution in [2.75, 3.05) is 0 Å². The molecule has 11 aromatic rings. The number of fused-ring (bicyclic) bond motifs is 7. The van der Waals surface area contributed by atoms with Crippen LogP contribution < -0.4 is 0 Å². The Morgan fingerprint density at radius 3 is 1.64 bits per heavy atom. The van der Waals surface area contributed by atoms with Gasteiger partial charge in [0.2, 0.25) is 0 Å². The molecule has 0 atom stereocenters. The van der Waals surface area contributed by atoms with Crippen LogP contribution in [0.15, 0.2) is 199 Å². The first kappa shape index (κ1) is 31.9. The first-order chi connectivity index (χ1) is 27.8. The van der Waals surface area contributed by atoms with Gasteiger partial charge in [0.05, 0.1) is 16.4 Å². The third kappa shape index (κ3) is 5.21. The fourth-order valence-electron chi connectivity index (χ4n) is 8.13. The number of hydrogen-bond donors (Lipinski definition) is 0. The maximum absolute atomic E-state index is 6.75. The van der Waals surface area contributed by atoms with Crippen molar-refractivity contribution in [2.45, 2.75) is 0 Å². The van der Waals surface area contributed by atoms with Gasteiger partial charge in [-0.3, -0.25) is 0 Å². The first-order valence-electron chi connectivity index (χ1n) is 18.8. The van der Waals surface area contributed by atoms with Crippen LogP contribution in [0.1, 0.15) is 0 Å². The van der Waals surface area contributed by atoms with Crippen molar-refractivity contribution in [3.63, 3.8) is 0 Å². The van der Waals surface area contributed by atoms with E-state index in [-0.39, 0.29) is 0 Å². The van der Waals surface area contributed by atoms with Gasteiger partial charge >= 0.3 is 0 Å². The van der Waals surface area contributed by atoms with Gasteiger partial charge in [0, 0.05) is 38.5 Å². The molecule has 0 saturated carbocycles. The average Bonchev–Trinajstić information content (AvgIpc) is 3.83. The third-order valence-corrected chi connectivity index (χ3v) is 10.7. The summed E-state index contributed by atoms with van der Waals surface area (Å²) in [6, 6.07) is 67.3. The highest BCUT2D eigenvalue weighted by Crippen LogP contribution is 2.46. The molecule has 0 N–H and O–H groups in total. The van der Waals surface area contributed by atoms with Crippen LogP contribution in [0.2, 0.25) is 0 Å². The lowest BCUT2D eigenvalue weighted by molar-refractivity contribution is 0.669. The molecule has 0 radical (unpaired) electrons. The van der Waals surface area contributed by atoms with Crippen molar-refractivity contribution in [2.24, 2.45) is 0 Å². The van der Waals surface area contributed by atoms with Crippen molar-refractivity contribution in [3.8, 4) is 62.1 Å². The van der Waals surface area contributed by atoms with Gasteiger partial charge in [-0.05, 0) is 64.7 Å². The summed E-state index contributed by atoms with van der Waals surface area (Å²) in [5, 5.41) is 4.48. The third-order valence-electron chi connectivity index (χ3n) is 10.7. The Hall–Kier alpha value is -7.63.